The number of hydrogen-bond donors (Lipinski definition) is 0. The Morgan fingerprint density at radius 1 is 1.62 bits per heavy atom. The monoisotopic (exact) mass is 197 g/mol. The van der Waals surface area contributed by atoms with Crippen molar-refractivity contribution in [3.8, 4) is 0 Å². The molecule has 72 valence electrons. The first kappa shape index (κ1) is 9.13. The van der Waals surface area contributed by atoms with Crippen LogP contribution in [-0.2, 0) is 6.42 Å². The standard InChI is InChI=1S/C10H15NOS/c1-3-7(2)9-11-10-8(12-9)5-4-6-13-10/h7H,3-6H2,1-2H3. The van der Waals surface area contributed by atoms with Gasteiger partial charge < -0.3 is 4.42 Å². The number of thioether (sulfide) groups is 1. The summed E-state index contributed by atoms with van der Waals surface area (Å²) in [6.45, 7) is 4.34. The summed E-state index contributed by atoms with van der Waals surface area (Å²) in [4.78, 5) is 4.52. The quantitative estimate of drug-likeness (QED) is 0.728. The average Bonchev–Trinajstić information content (AvgIpc) is 2.59. The second kappa shape index (κ2) is 3.74. The fourth-order valence-electron chi connectivity index (χ4n) is 1.41. The number of hydrogen-bond acceptors (Lipinski definition) is 3. The molecule has 0 radical (unpaired) electrons. The van der Waals surface area contributed by atoms with Crippen molar-refractivity contribution in [1.29, 1.82) is 0 Å². The van der Waals surface area contributed by atoms with Crippen molar-refractivity contribution < 1.29 is 4.42 Å². The summed E-state index contributed by atoms with van der Waals surface area (Å²) < 4.78 is 5.73. The van der Waals surface area contributed by atoms with Gasteiger partial charge in [-0.25, -0.2) is 4.98 Å². The number of fused-ring (bicyclic) bond motifs is 1. The van der Waals surface area contributed by atoms with Gasteiger partial charge in [0.25, 0.3) is 0 Å². The van der Waals surface area contributed by atoms with Crippen LogP contribution in [0.5, 0.6) is 0 Å². The Balaban J connectivity index is 2.25. The van der Waals surface area contributed by atoms with E-state index in [1.54, 1.807) is 0 Å². The molecule has 0 spiro atoms. The van der Waals surface area contributed by atoms with Gasteiger partial charge in [-0.15, -0.1) is 11.8 Å². The Labute approximate surface area is 83.1 Å². The molecule has 0 fully saturated rings. The van der Waals surface area contributed by atoms with Crippen LogP contribution in [0.25, 0.3) is 0 Å². The average molecular weight is 197 g/mol. The van der Waals surface area contributed by atoms with Crippen LogP contribution >= 0.6 is 11.8 Å². The summed E-state index contributed by atoms with van der Waals surface area (Å²) in [5.41, 5.74) is 0. The highest BCUT2D eigenvalue weighted by atomic mass is 32.2. The van der Waals surface area contributed by atoms with Crippen LogP contribution < -0.4 is 0 Å². The minimum Gasteiger partial charge on any atom is -0.444 e. The van der Waals surface area contributed by atoms with Gasteiger partial charge in [0.05, 0.1) is 0 Å². The molecule has 1 aliphatic rings. The molecule has 0 saturated carbocycles. The van der Waals surface area contributed by atoms with Crippen LogP contribution in [0.15, 0.2) is 9.44 Å². The largest absolute Gasteiger partial charge is 0.444 e. The zero-order valence-corrected chi connectivity index (χ0v) is 8.99. The second-order valence-corrected chi connectivity index (χ2v) is 4.63. The Bertz CT molecular complexity index is 272. The maximum atomic E-state index is 5.73. The molecule has 1 aromatic rings. The molecule has 2 nitrogen and oxygen atoms in total. The summed E-state index contributed by atoms with van der Waals surface area (Å²) in [5, 5.41) is 1.14. The van der Waals surface area contributed by atoms with Gasteiger partial charge in [-0.05, 0) is 12.8 Å². The molecule has 1 aliphatic heterocycles. The first-order valence-electron chi connectivity index (χ1n) is 4.93. The fourth-order valence-corrected chi connectivity index (χ4v) is 2.35. The van der Waals surface area contributed by atoms with Gasteiger partial charge in [0, 0.05) is 18.1 Å². The van der Waals surface area contributed by atoms with Crippen molar-refractivity contribution in [2.45, 2.75) is 44.1 Å². The third-order valence-electron chi connectivity index (χ3n) is 2.50. The van der Waals surface area contributed by atoms with Gasteiger partial charge in [-0.1, -0.05) is 13.8 Å². The first-order chi connectivity index (χ1) is 6.31. The number of rotatable bonds is 2. The minimum absolute atomic E-state index is 0.464. The van der Waals surface area contributed by atoms with Crippen LogP contribution in [-0.4, -0.2) is 10.7 Å². The molecule has 0 N–H and O–H groups in total. The predicted molar refractivity (Wildman–Crippen MR) is 54.3 cm³/mol. The highest BCUT2D eigenvalue weighted by molar-refractivity contribution is 7.99. The second-order valence-electron chi connectivity index (χ2n) is 3.54. The lowest BCUT2D eigenvalue weighted by molar-refractivity contribution is 0.419. The molecule has 0 bridgehead atoms. The maximum absolute atomic E-state index is 5.73. The van der Waals surface area contributed by atoms with E-state index in [-0.39, 0.29) is 0 Å². The molecule has 2 heterocycles. The number of aryl methyl sites for hydroxylation is 1. The molecule has 1 unspecified atom stereocenters. The lowest BCUT2D eigenvalue weighted by Crippen LogP contribution is -1.94. The van der Waals surface area contributed by atoms with E-state index in [0.717, 1.165) is 29.5 Å². The van der Waals surface area contributed by atoms with Crippen LogP contribution in [0.4, 0.5) is 0 Å². The molecular formula is C10H15NOS. The molecule has 1 aromatic heterocycles. The highest BCUT2D eigenvalue weighted by Gasteiger charge is 2.19. The normalized spacial score (nSPS) is 18.3. The van der Waals surface area contributed by atoms with Crippen LogP contribution in [0, 0.1) is 0 Å². The van der Waals surface area contributed by atoms with E-state index in [1.165, 1.54) is 12.2 Å². The van der Waals surface area contributed by atoms with E-state index in [2.05, 4.69) is 18.8 Å². The Hall–Kier alpha value is -0.440. The van der Waals surface area contributed by atoms with Gasteiger partial charge in [-0.2, -0.15) is 0 Å². The SMILES string of the molecule is CCC(C)c1nc2c(o1)CCCS2. The van der Waals surface area contributed by atoms with Crippen molar-refractivity contribution in [1.82, 2.24) is 4.98 Å². The Morgan fingerprint density at radius 2 is 2.46 bits per heavy atom. The smallest absolute Gasteiger partial charge is 0.198 e. The van der Waals surface area contributed by atoms with Crippen molar-refractivity contribution in [3.05, 3.63) is 11.7 Å². The van der Waals surface area contributed by atoms with E-state index < -0.39 is 0 Å². The third kappa shape index (κ3) is 1.75. The molecule has 0 amide bonds. The highest BCUT2D eigenvalue weighted by Crippen LogP contribution is 2.32. The third-order valence-corrected chi connectivity index (χ3v) is 3.58. The van der Waals surface area contributed by atoms with Crippen molar-refractivity contribution in [2.24, 2.45) is 0 Å². The van der Waals surface area contributed by atoms with Gasteiger partial charge >= 0.3 is 0 Å². The number of aromatic nitrogens is 1. The Morgan fingerprint density at radius 3 is 3.15 bits per heavy atom. The summed E-state index contributed by atoms with van der Waals surface area (Å²) in [6.07, 6.45) is 3.41. The molecule has 13 heavy (non-hydrogen) atoms. The van der Waals surface area contributed by atoms with Gasteiger partial charge in [-0.3, -0.25) is 0 Å². The molecule has 0 saturated heterocycles. The molecule has 3 heteroatoms. The van der Waals surface area contributed by atoms with E-state index in [0.29, 0.717) is 5.92 Å². The molecule has 0 aromatic carbocycles. The van der Waals surface area contributed by atoms with E-state index in [1.807, 2.05) is 11.8 Å². The molecule has 1 atom stereocenters. The summed E-state index contributed by atoms with van der Waals surface area (Å²) >= 11 is 1.83. The first-order valence-corrected chi connectivity index (χ1v) is 5.92. The van der Waals surface area contributed by atoms with Crippen molar-refractivity contribution >= 4 is 11.8 Å². The lowest BCUT2D eigenvalue weighted by Gasteiger charge is -2.05. The number of oxazole rings is 1. The topological polar surface area (TPSA) is 26.0 Å². The van der Waals surface area contributed by atoms with E-state index in [4.69, 9.17) is 4.42 Å². The maximum Gasteiger partial charge on any atom is 0.198 e. The van der Waals surface area contributed by atoms with Crippen LogP contribution in [0.1, 0.15) is 44.3 Å². The minimum atomic E-state index is 0.464. The van der Waals surface area contributed by atoms with Crippen molar-refractivity contribution in [3.63, 3.8) is 0 Å². The predicted octanol–water partition coefficient (Wildman–Crippen LogP) is 3.23. The van der Waals surface area contributed by atoms with Gasteiger partial charge in [0.1, 0.15) is 10.8 Å². The Kier molecular flexibility index (Phi) is 2.63. The molecular weight excluding hydrogens is 182 g/mol. The van der Waals surface area contributed by atoms with Gasteiger partial charge in [0.2, 0.25) is 0 Å². The van der Waals surface area contributed by atoms with Crippen molar-refractivity contribution in [2.75, 3.05) is 5.75 Å². The lowest BCUT2D eigenvalue weighted by atomic mass is 10.1. The summed E-state index contributed by atoms with van der Waals surface area (Å²) in [7, 11) is 0. The van der Waals surface area contributed by atoms with E-state index in [9.17, 15) is 0 Å². The molecule has 0 aliphatic carbocycles. The van der Waals surface area contributed by atoms with Gasteiger partial charge in [0.15, 0.2) is 5.89 Å². The number of nitrogens with zero attached hydrogens (tertiary/aromatic N) is 1. The van der Waals surface area contributed by atoms with Crippen LogP contribution in [0.3, 0.4) is 0 Å². The zero-order valence-electron chi connectivity index (χ0n) is 8.17. The van der Waals surface area contributed by atoms with Crippen LogP contribution in [0.2, 0.25) is 0 Å². The van der Waals surface area contributed by atoms with E-state index >= 15 is 0 Å². The summed E-state index contributed by atoms with van der Waals surface area (Å²) in [6, 6.07) is 0. The fraction of sp³-hybridized carbons (Fsp3) is 0.700. The summed E-state index contributed by atoms with van der Waals surface area (Å²) in [5.74, 6) is 3.71. The zero-order chi connectivity index (χ0) is 9.26. The molecule has 2 rings (SSSR count).